The third-order valence-corrected chi connectivity index (χ3v) is 6.62. The molecule has 0 saturated carbocycles. The molecule has 0 unspecified atom stereocenters. The maximum absolute atomic E-state index is 12.7. The predicted molar refractivity (Wildman–Crippen MR) is 102 cm³/mol. The first kappa shape index (κ1) is 18.6. The van der Waals surface area contributed by atoms with Crippen molar-refractivity contribution in [1.29, 1.82) is 0 Å². The average molecular weight is 391 g/mol. The van der Waals surface area contributed by atoms with Gasteiger partial charge in [-0.1, -0.05) is 54.1 Å². The minimum Gasteiger partial charge on any atom is -0.337 e. The van der Waals surface area contributed by atoms with Crippen LogP contribution in [0.1, 0.15) is 5.56 Å². The van der Waals surface area contributed by atoms with E-state index in [-0.39, 0.29) is 28.9 Å². The van der Waals surface area contributed by atoms with Crippen molar-refractivity contribution < 1.29 is 13.2 Å². The van der Waals surface area contributed by atoms with Crippen LogP contribution in [0.15, 0.2) is 65.6 Å². The van der Waals surface area contributed by atoms with Crippen molar-refractivity contribution in [2.75, 3.05) is 26.2 Å². The molecule has 0 aromatic heterocycles. The summed E-state index contributed by atoms with van der Waals surface area (Å²) in [5, 5.41) is 0.205. The van der Waals surface area contributed by atoms with Crippen molar-refractivity contribution in [3.8, 4) is 0 Å². The zero-order valence-corrected chi connectivity index (χ0v) is 15.7. The number of carbonyl (C=O) groups is 1. The van der Waals surface area contributed by atoms with Gasteiger partial charge in [0.05, 0.1) is 5.02 Å². The minimum atomic E-state index is -3.65. The van der Waals surface area contributed by atoms with Crippen molar-refractivity contribution in [3.63, 3.8) is 0 Å². The van der Waals surface area contributed by atoms with E-state index in [1.165, 1.54) is 16.4 Å². The van der Waals surface area contributed by atoms with Gasteiger partial charge in [0.1, 0.15) is 4.90 Å². The molecule has 2 aromatic carbocycles. The van der Waals surface area contributed by atoms with E-state index in [0.29, 0.717) is 13.1 Å². The first-order valence-electron chi connectivity index (χ1n) is 8.25. The number of carbonyl (C=O) groups excluding carboxylic acids is 1. The molecule has 1 saturated heterocycles. The van der Waals surface area contributed by atoms with Gasteiger partial charge >= 0.3 is 0 Å². The van der Waals surface area contributed by atoms with Crippen LogP contribution in [0.4, 0.5) is 0 Å². The highest BCUT2D eigenvalue weighted by atomic mass is 35.5. The second-order valence-corrected chi connectivity index (χ2v) is 8.22. The number of hydrogen-bond acceptors (Lipinski definition) is 3. The molecule has 7 heteroatoms. The Balaban J connectivity index is 1.63. The molecule has 0 N–H and O–H groups in total. The zero-order chi connectivity index (χ0) is 18.6. The molecule has 0 spiro atoms. The highest BCUT2D eigenvalue weighted by Crippen LogP contribution is 2.25. The molecular weight excluding hydrogens is 372 g/mol. The quantitative estimate of drug-likeness (QED) is 0.754. The summed E-state index contributed by atoms with van der Waals surface area (Å²) in [6.07, 6.45) is 3.28. The summed E-state index contributed by atoms with van der Waals surface area (Å²) in [4.78, 5) is 14.1. The Bertz CT molecular complexity index is 905. The normalized spacial score (nSPS) is 16.1. The smallest absolute Gasteiger partial charge is 0.246 e. The van der Waals surface area contributed by atoms with Gasteiger partial charge in [-0.15, -0.1) is 0 Å². The predicted octanol–water partition coefficient (Wildman–Crippen LogP) is 2.89. The topological polar surface area (TPSA) is 57.7 Å². The second-order valence-electron chi connectivity index (χ2n) is 5.90. The van der Waals surface area contributed by atoms with E-state index in [1.807, 2.05) is 30.3 Å². The first-order chi connectivity index (χ1) is 12.5. The molecule has 1 aliphatic heterocycles. The van der Waals surface area contributed by atoms with Crippen molar-refractivity contribution >= 4 is 33.6 Å². The van der Waals surface area contributed by atoms with Gasteiger partial charge in [-0.3, -0.25) is 4.79 Å². The number of rotatable bonds is 4. The van der Waals surface area contributed by atoms with Gasteiger partial charge in [0.2, 0.25) is 15.9 Å². The highest BCUT2D eigenvalue weighted by molar-refractivity contribution is 7.89. The summed E-state index contributed by atoms with van der Waals surface area (Å²) in [5.41, 5.74) is 0.945. The van der Waals surface area contributed by atoms with Crippen LogP contribution in [0.25, 0.3) is 6.08 Å². The van der Waals surface area contributed by atoms with Gasteiger partial charge in [0.25, 0.3) is 0 Å². The Morgan fingerprint density at radius 3 is 2.19 bits per heavy atom. The lowest BCUT2D eigenvalue weighted by atomic mass is 10.2. The van der Waals surface area contributed by atoms with Crippen molar-refractivity contribution in [2.45, 2.75) is 4.90 Å². The zero-order valence-electron chi connectivity index (χ0n) is 14.1. The molecule has 1 heterocycles. The molecule has 3 rings (SSSR count). The lowest BCUT2D eigenvalue weighted by Crippen LogP contribution is -2.50. The average Bonchev–Trinajstić information content (AvgIpc) is 2.67. The molecule has 5 nitrogen and oxygen atoms in total. The van der Waals surface area contributed by atoms with Crippen molar-refractivity contribution in [3.05, 3.63) is 71.3 Å². The van der Waals surface area contributed by atoms with E-state index in [9.17, 15) is 13.2 Å². The van der Waals surface area contributed by atoms with Crippen LogP contribution in [-0.4, -0.2) is 49.7 Å². The monoisotopic (exact) mass is 390 g/mol. The summed E-state index contributed by atoms with van der Waals surface area (Å²) in [6.45, 7) is 1.19. The van der Waals surface area contributed by atoms with Gasteiger partial charge in [-0.25, -0.2) is 8.42 Å². The molecule has 0 radical (unpaired) electrons. The summed E-state index contributed by atoms with van der Waals surface area (Å²) in [6, 6.07) is 15.9. The Labute approximate surface area is 158 Å². The molecule has 1 amide bonds. The summed E-state index contributed by atoms with van der Waals surface area (Å²) < 4.78 is 26.8. The van der Waals surface area contributed by atoms with E-state index in [1.54, 1.807) is 29.2 Å². The van der Waals surface area contributed by atoms with E-state index in [4.69, 9.17) is 11.6 Å². The van der Waals surface area contributed by atoms with Crippen LogP contribution in [0.3, 0.4) is 0 Å². The number of hydrogen-bond donors (Lipinski definition) is 0. The fraction of sp³-hybridized carbons (Fsp3) is 0.211. The maximum atomic E-state index is 12.7. The molecule has 1 aliphatic rings. The van der Waals surface area contributed by atoms with Gasteiger partial charge in [-0.2, -0.15) is 4.31 Å². The molecule has 0 atom stereocenters. The standard InChI is InChI=1S/C19H19ClN2O3S/c20-17-8-4-5-9-18(17)26(24,25)22-14-12-21(13-15-22)19(23)11-10-16-6-2-1-3-7-16/h1-11H,12-15H2/b11-10+. The van der Waals surface area contributed by atoms with Crippen LogP contribution in [-0.2, 0) is 14.8 Å². The number of amides is 1. The van der Waals surface area contributed by atoms with Crippen LogP contribution in [0.2, 0.25) is 5.02 Å². The fourth-order valence-corrected chi connectivity index (χ4v) is 4.69. The molecule has 136 valence electrons. The Morgan fingerprint density at radius 2 is 1.54 bits per heavy atom. The second kappa shape index (κ2) is 8.03. The third kappa shape index (κ3) is 4.15. The molecule has 2 aromatic rings. The molecule has 26 heavy (non-hydrogen) atoms. The Morgan fingerprint density at radius 1 is 0.923 bits per heavy atom. The lowest BCUT2D eigenvalue weighted by Gasteiger charge is -2.33. The largest absolute Gasteiger partial charge is 0.337 e. The van der Waals surface area contributed by atoms with E-state index >= 15 is 0 Å². The van der Waals surface area contributed by atoms with Crippen LogP contribution < -0.4 is 0 Å². The SMILES string of the molecule is O=C(/C=C/c1ccccc1)N1CCN(S(=O)(=O)c2ccccc2Cl)CC1. The molecular formula is C19H19ClN2O3S. The van der Waals surface area contributed by atoms with Gasteiger partial charge in [0, 0.05) is 32.3 Å². The summed E-state index contributed by atoms with van der Waals surface area (Å²) in [7, 11) is -3.65. The van der Waals surface area contributed by atoms with Gasteiger partial charge in [-0.05, 0) is 23.8 Å². The number of nitrogens with zero attached hydrogens (tertiary/aromatic N) is 2. The van der Waals surface area contributed by atoms with Gasteiger partial charge < -0.3 is 4.90 Å². The Hall–Kier alpha value is -2.15. The fourth-order valence-electron chi connectivity index (χ4n) is 2.78. The van der Waals surface area contributed by atoms with Crippen molar-refractivity contribution in [1.82, 2.24) is 9.21 Å². The van der Waals surface area contributed by atoms with Crippen molar-refractivity contribution in [2.24, 2.45) is 0 Å². The third-order valence-electron chi connectivity index (χ3n) is 4.22. The van der Waals surface area contributed by atoms with Crippen LogP contribution >= 0.6 is 11.6 Å². The number of sulfonamides is 1. The highest BCUT2D eigenvalue weighted by Gasteiger charge is 2.30. The van der Waals surface area contributed by atoms with E-state index < -0.39 is 10.0 Å². The molecule has 0 bridgehead atoms. The maximum Gasteiger partial charge on any atom is 0.246 e. The first-order valence-corrected chi connectivity index (χ1v) is 10.1. The number of piperazine rings is 1. The number of halogens is 1. The summed E-state index contributed by atoms with van der Waals surface area (Å²) in [5.74, 6) is -0.122. The molecule has 1 fully saturated rings. The minimum absolute atomic E-state index is 0.102. The van der Waals surface area contributed by atoms with E-state index in [0.717, 1.165) is 5.56 Å². The van der Waals surface area contributed by atoms with E-state index in [2.05, 4.69) is 0 Å². The van der Waals surface area contributed by atoms with Gasteiger partial charge in [0.15, 0.2) is 0 Å². The Kier molecular flexibility index (Phi) is 5.76. The van der Waals surface area contributed by atoms with Crippen LogP contribution in [0, 0.1) is 0 Å². The lowest BCUT2D eigenvalue weighted by molar-refractivity contribution is -0.127. The summed E-state index contributed by atoms with van der Waals surface area (Å²) >= 11 is 6.03. The number of benzene rings is 2. The van der Waals surface area contributed by atoms with Crippen LogP contribution in [0.5, 0.6) is 0 Å². The molecule has 0 aliphatic carbocycles.